The lowest BCUT2D eigenvalue weighted by molar-refractivity contribution is 0.294. The van der Waals surface area contributed by atoms with Crippen molar-refractivity contribution in [2.75, 3.05) is 13.6 Å². The van der Waals surface area contributed by atoms with Crippen LogP contribution in [0.3, 0.4) is 0 Å². The first-order valence-electron chi connectivity index (χ1n) is 5.78. The highest BCUT2D eigenvalue weighted by atomic mass is 79.9. The third-order valence-electron chi connectivity index (χ3n) is 3.19. The molecule has 3 rings (SSSR count). The first kappa shape index (κ1) is 11.1. The lowest BCUT2D eigenvalue weighted by Crippen LogP contribution is -2.25. The molecule has 88 valence electrons. The SMILES string of the molecule is CN1CCc2oc(-c3ccc(Br)cc3)cc2C1. The van der Waals surface area contributed by atoms with Crippen LogP contribution in [-0.4, -0.2) is 18.5 Å². The van der Waals surface area contributed by atoms with Gasteiger partial charge in [-0.05, 0) is 25.2 Å². The molecule has 0 fully saturated rings. The van der Waals surface area contributed by atoms with E-state index >= 15 is 0 Å². The predicted molar refractivity (Wildman–Crippen MR) is 71.9 cm³/mol. The molecule has 0 aliphatic carbocycles. The average molecular weight is 292 g/mol. The van der Waals surface area contributed by atoms with Gasteiger partial charge in [-0.3, -0.25) is 0 Å². The molecular formula is C14H14BrNO. The summed E-state index contributed by atoms with van der Waals surface area (Å²) in [7, 11) is 2.15. The fraction of sp³-hybridized carbons (Fsp3) is 0.286. The van der Waals surface area contributed by atoms with Crippen molar-refractivity contribution in [2.24, 2.45) is 0 Å². The van der Waals surface area contributed by atoms with Gasteiger partial charge in [0.05, 0.1) is 0 Å². The van der Waals surface area contributed by atoms with E-state index in [4.69, 9.17) is 4.42 Å². The number of furan rings is 1. The topological polar surface area (TPSA) is 16.4 Å². The van der Waals surface area contributed by atoms with Gasteiger partial charge in [-0.1, -0.05) is 28.1 Å². The number of nitrogens with zero attached hydrogens (tertiary/aromatic N) is 1. The zero-order valence-corrected chi connectivity index (χ0v) is 11.3. The van der Waals surface area contributed by atoms with Crippen LogP contribution in [0.15, 0.2) is 39.2 Å². The molecule has 0 N–H and O–H groups in total. The summed E-state index contributed by atoms with van der Waals surface area (Å²) in [6.07, 6.45) is 1.02. The fourth-order valence-corrected chi connectivity index (χ4v) is 2.49. The highest BCUT2D eigenvalue weighted by molar-refractivity contribution is 9.10. The van der Waals surface area contributed by atoms with Crippen LogP contribution in [0.25, 0.3) is 11.3 Å². The maximum absolute atomic E-state index is 5.94. The van der Waals surface area contributed by atoms with Crippen LogP contribution >= 0.6 is 15.9 Å². The molecule has 0 spiro atoms. The summed E-state index contributed by atoms with van der Waals surface area (Å²) in [5.74, 6) is 2.14. The summed E-state index contributed by atoms with van der Waals surface area (Å²) < 4.78 is 7.03. The molecule has 0 unspecified atom stereocenters. The van der Waals surface area contributed by atoms with Crippen LogP contribution in [-0.2, 0) is 13.0 Å². The Hall–Kier alpha value is -1.06. The summed E-state index contributed by atoms with van der Waals surface area (Å²) in [5, 5.41) is 0. The number of rotatable bonds is 1. The van der Waals surface area contributed by atoms with Crippen molar-refractivity contribution < 1.29 is 4.42 Å². The Balaban J connectivity index is 1.97. The fourth-order valence-electron chi connectivity index (χ4n) is 2.23. The van der Waals surface area contributed by atoms with Gasteiger partial charge in [0.25, 0.3) is 0 Å². The summed E-state index contributed by atoms with van der Waals surface area (Å²) >= 11 is 3.45. The smallest absolute Gasteiger partial charge is 0.134 e. The van der Waals surface area contributed by atoms with Crippen molar-refractivity contribution in [1.29, 1.82) is 0 Å². The van der Waals surface area contributed by atoms with Gasteiger partial charge >= 0.3 is 0 Å². The molecule has 2 aromatic rings. The monoisotopic (exact) mass is 291 g/mol. The summed E-state index contributed by atoms with van der Waals surface area (Å²) in [6, 6.07) is 10.4. The standard InChI is InChI=1S/C14H14BrNO/c1-16-7-6-13-11(9-16)8-14(17-13)10-2-4-12(15)5-3-10/h2-5,8H,6-7,9H2,1H3. The van der Waals surface area contributed by atoms with E-state index in [0.717, 1.165) is 41.1 Å². The van der Waals surface area contributed by atoms with Gasteiger partial charge in [0.15, 0.2) is 0 Å². The Morgan fingerprint density at radius 2 is 2.00 bits per heavy atom. The molecule has 0 amide bonds. The van der Waals surface area contributed by atoms with Gasteiger partial charge in [-0.25, -0.2) is 0 Å². The second-order valence-corrected chi connectivity index (χ2v) is 5.47. The van der Waals surface area contributed by atoms with E-state index < -0.39 is 0 Å². The third kappa shape index (κ3) is 2.17. The highest BCUT2D eigenvalue weighted by Gasteiger charge is 2.18. The first-order valence-corrected chi connectivity index (χ1v) is 6.58. The molecule has 1 aliphatic rings. The number of likely N-dealkylation sites (N-methyl/N-ethyl adjacent to an activating group) is 1. The van der Waals surface area contributed by atoms with Crippen molar-refractivity contribution in [1.82, 2.24) is 4.90 Å². The molecule has 1 aromatic carbocycles. The van der Waals surface area contributed by atoms with Crippen LogP contribution in [0.1, 0.15) is 11.3 Å². The number of benzene rings is 1. The van der Waals surface area contributed by atoms with Crippen LogP contribution < -0.4 is 0 Å². The second kappa shape index (κ2) is 4.31. The van der Waals surface area contributed by atoms with Crippen LogP contribution in [0.5, 0.6) is 0 Å². The van der Waals surface area contributed by atoms with Crippen molar-refractivity contribution in [3.05, 3.63) is 46.1 Å². The second-order valence-electron chi connectivity index (χ2n) is 4.55. The quantitative estimate of drug-likeness (QED) is 0.797. The minimum Gasteiger partial charge on any atom is -0.461 e. The number of hydrogen-bond donors (Lipinski definition) is 0. The summed E-state index contributed by atoms with van der Waals surface area (Å²) in [4.78, 5) is 2.32. The van der Waals surface area contributed by atoms with E-state index in [1.54, 1.807) is 0 Å². The van der Waals surface area contributed by atoms with Gasteiger partial charge in [-0.15, -0.1) is 0 Å². The molecule has 0 radical (unpaired) electrons. The van der Waals surface area contributed by atoms with E-state index in [0.29, 0.717) is 0 Å². The first-order chi connectivity index (χ1) is 8.22. The molecular weight excluding hydrogens is 278 g/mol. The molecule has 17 heavy (non-hydrogen) atoms. The molecule has 0 atom stereocenters. The van der Waals surface area contributed by atoms with Crippen molar-refractivity contribution in [3.63, 3.8) is 0 Å². The number of halogens is 1. The molecule has 2 nitrogen and oxygen atoms in total. The average Bonchev–Trinajstić information content (AvgIpc) is 2.72. The Labute approximate surface area is 109 Å². The van der Waals surface area contributed by atoms with Gasteiger partial charge in [-0.2, -0.15) is 0 Å². The molecule has 0 saturated heterocycles. The zero-order chi connectivity index (χ0) is 11.8. The minimum atomic E-state index is 0.984. The molecule has 0 saturated carbocycles. The van der Waals surface area contributed by atoms with E-state index in [-0.39, 0.29) is 0 Å². The summed E-state index contributed by atoms with van der Waals surface area (Å²) in [5.41, 5.74) is 2.47. The van der Waals surface area contributed by atoms with Crippen molar-refractivity contribution in [2.45, 2.75) is 13.0 Å². The van der Waals surface area contributed by atoms with Crippen molar-refractivity contribution in [3.8, 4) is 11.3 Å². The van der Waals surface area contributed by atoms with Gasteiger partial charge in [0, 0.05) is 35.1 Å². The zero-order valence-electron chi connectivity index (χ0n) is 9.74. The maximum atomic E-state index is 5.94. The van der Waals surface area contributed by atoms with Crippen molar-refractivity contribution >= 4 is 15.9 Å². The Bertz CT molecular complexity index is 530. The van der Waals surface area contributed by atoms with Gasteiger partial charge in [0.1, 0.15) is 11.5 Å². The molecule has 2 heterocycles. The van der Waals surface area contributed by atoms with Gasteiger partial charge in [0.2, 0.25) is 0 Å². The lowest BCUT2D eigenvalue weighted by atomic mass is 10.1. The van der Waals surface area contributed by atoms with E-state index in [2.05, 4.69) is 46.1 Å². The molecule has 1 aliphatic heterocycles. The summed E-state index contributed by atoms with van der Waals surface area (Å²) in [6.45, 7) is 2.08. The highest BCUT2D eigenvalue weighted by Crippen LogP contribution is 2.29. The third-order valence-corrected chi connectivity index (χ3v) is 3.71. The minimum absolute atomic E-state index is 0.984. The predicted octanol–water partition coefficient (Wildman–Crippen LogP) is 3.70. The van der Waals surface area contributed by atoms with E-state index in [1.807, 2.05) is 12.1 Å². The largest absolute Gasteiger partial charge is 0.461 e. The van der Waals surface area contributed by atoms with E-state index in [1.165, 1.54) is 5.56 Å². The van der Waals surface area contributed by atoms with Crippen LogP contribution in [0.4, 0.5) is 0 Å². The normalized spacial score (nSPS) is 15.9. The van der Waals surface area contributed by atoms with Crippen LogP contribution in [0.2, 0.25) is 0 Å². The molecule has 1 aromatic heterocycles. The van der Waals surface area contributed by atoms with E-state index in [9.17, 15) is 0 Å². The number of hydrogen-bond acceptors (Lipinski definition) is 2. The Kier molecular flexibility index (Phi) is 2.81. The molecule has 0 bridgehead atoms. The van der Waals surface area contributed by atoms with Gasteiger partial charge < -0.3 is 9.32 Å². The Morgan fingerprint density at radius 3 is 2.76 bits per heavy atom. The Morgan fingerprint density at radius 1 is 1.24 bits per heavy atom. The molecule has 3 heteroatoms. The number of fused-ring (bicyclic) bond motifs is 1. The lowest BCUT2D eigenvalue weighted by Gasteiger charge is -2.20. The van der Waals surface area contributed by atoms with Crippen LogP contribution in [0, 0.1) is 0 Å². The maximum Gasteiger partial charge on any atom is 0.134 e.